The maximum Gasteiger partial charge on any atom is 0.417 e. The molecular weight excluding hydrogens is 375 g/mol. The number of nitrogens with one attached hydrogen (secondary N) is 3. The lowest BCUT2D eigenvalue weighted by molar-refractivity contribution is -0.137. The number of halogens is 4. The third-order valence-electron chi connectivity index (χ3n) is 3.35. The number of rotatable bonds is 4. The summed E-state index contributed by atoms with van der Waals surface area (Å²) in [6, 6.07) is 5.51. The zero-order valence-electron chi connectivity index (χ0n) is 13.3. The van der Waals surface area contributed by atoms with Gasteiger partial charge in [0.1, 0.15) is 11.7 Å². The number of anilines is 1. The van der Waals surface area contributed by atoms with Crippen LogP contribution in [0.4, 0.5) is 18.9 Å². The summed E-state index contributed by atoms with van der Waals surface area (Å²) < 4.78 is 38.1. The first kappa shape index (κ1) is 19.5. The van der Waals surface area contributed by atoms with Crippen LogP contribution >= 0.6 is 11.6 Å². The van der Waals surface area contributed by atoms with Crippen molar-refractivity contribution < 1.29 is 22.8 Å². The Hall–Kier alpha value is -2.81. The number of hydrogen-bond acceptors (Lipinski definition) is 3. The molecule has 2 amide bonds. The fourth-order valence-electron chi connectivity index (χ4n) is 1.97. The predicted octanol–water partition coefficient (Wildman–Crippen LogP) is 2.80. The van der Waals surface area contributed by atoms with Crippen molar-refractivity contribution in [2.24, 2.45) is 0 Å². The first-order valence-corrected chi connectivity index (χ1v) is 7.63. The molecule has 0 aliphatic carbocycles. The lowest BCUT2D eigenvalue weighted by Gasteiger charge is -2.15. The van der Waals surface area contributed by atoms with Gasteiger partial charge < -0.3 is 15.6 Å². The molecule has 1 unspecified atom stereocenters. The van der Waals surface area contributed by atoms with E-state index in [4.69, 9.17) is 11.6 Å². The maximum absolute atomic E-state index is 12.7. The van der Waals surface area contributed by atoms with Gasteiger partial charge in [-0.05, 0) is 25.1 Å². The monoisotopic (exact) mass is 387 g/mol. The van der Waals surface area contributed by atoms with Gasteiger partial charge in [-0.3, -0.25) is 14.4 Å². The summed E-state index contributed by atoms with van der Waals surface area (Å²) in [6.07, 6.45) is -4.19. The molecule has 0 radical (unpaired) electrons. The van der Waals surface area contributed by atoms with Crippen LogP contribution in [0.1, 0.15) is 22.8 Å². The molecule has 2 aromatic rings. The van der Waals surface area contributed by atoms with E-state index in [0.29, 0.717) is 12.3 Å². The predicted molar refractivity (Wildman–Crippen MR) is 89.1 cm³/mol. The van der Waals surface area contributed by atoms with Crippen molar-refractivity contribution in [1.29, 1.82) is 0 Å². The molecule has 10 heteroatoms. The van der Waals surface area contributed by atoms with E-state index in [1.807, 2.05) is 4.98 Å². The third-order valence-corrected chi connectivity index (χ3v) is 3.68. The van der Waals surface area contributed by atoms with Gasteiger partial charge in [-0.1, -0.05) is 23.7 Å². The third kappa shape index (κ3) is 4.63. The fourth-order valence-corrected chi connectivity index (χ4v) is 2.19. The lowest BCUT2D eigenvalue weighted by Crippen LogP contribution is -2.42. The molecule has 0 aliphatic rings. The van der Waals surface area contributed by atoms with Crippen LogP contribution in [0.2, 0.25) is 5.02 Å². The minimum absolute atomic E-state index is 0.130. The van der Waals surface area contributed by atoms with E-state index in [0.717, 1.165) is 0 Å². The van der Waals surface area contributed by atoms with Crippen LogP contribution in [0.3, 0.4) is 0 Å². The average molecular weight is 388 g/mol. The van der Waals surface area contributed by atoms with Gasteiger partial charge >= 0.3 is 6.18 Å². The Morgan fingerprint density at radius 1 is 1.23 bits per heavy atom. The van der Waals surface area contributed by atoms with Gasteiger partial charge in [-0.2, -0.15) is 13.2 Å². The van der Waals surface area contributed by atoms with Crippen molar-refractivity contribution in [1.82, 2.24) is 10.3 Å². The summed E-state index contributed by atoms with van der Waals surface area (Å²) in [5, 5.41) is 4.59. The fraction of sp³-hybridized carbons (Fsp3) is 0.188. The van der Waals surface area contributed by atoms with Crippen LogP contribution in [0.15, 0.2) is 41.3 Å². The minimum atomic E-state index is -4.69. The molecule has 26 heavy (non-hydrogen) atoms. The van der Waals surface area contributed by atoms with E-state index in [2.05, 4.69) is 10.6 Å². The molecule has 138 valence electrons. The topological polar surface area (TPSA) is 91.1 Å². The smallest absolute Gasteiger partial charge is 0.340 e. The number of carbonyl (C=O) groups is 2. The van der Waals surface area contributed by atoms with Crippen molar-refractivity contribution in [2.45, 2.75) is 19.1 Å². The number of carbonyl (C=O) groups excluding carboxylic acids is 2. The summed E-state index contributed by atoms with van der Waals surface area (Å²) in [5.74, 6) is -1.51. The molecular formula is C16H13ClF3N3O3. The number of amides is 2. The zero-order chi connectivity index (χ0) is 19.5. The van der Waals surface area contributed by atoms with E-state index in [-0.39, 0.29) is 10.6 Å². The van der Waals surface area contributed by atoms with Gasteiger partial charge in [0.05, 0.1) is 16.1 Å². The van der Waals surface area contributed by atoms with Crippen molar-refractivity contribution in [3.63, 3.8) is 0 Å². The molecule has 1 atom stereocenters. The summed E-state index contributed by atoms with van der Waals surface area (Å²) in [4.78, 5) is 37.7. The summed E-state index contributed by atoms with van der Waals surface area (Å²) >= 11 is 5.88. The number of pyridine rings is 1. The zero-order valence-corrected chi connectivity index (χ0v) is 14.0. The second kappa shape index (κ2) is 7.61. The highest BCUT2D eigenvalue weighted by Gasteiger charge is 2.31. The van der Waals surface area contributed by atoms with Crippen LogP contribution in [0.25, 0.3) is 0 Å². The number of aromatic nitrogens is 1. The van der Waals surface area contributed by atoms with Crippen LogP contribution in [0.5, 0.6) is 0 Å². The number of aromatic amines is 1. The Morgan fingerprint density at radius 3 is 2.50 bits per heavy atom. The molecule has 3 N–H and O–H groups in total. The highest BCUT2D eigenvalue weighted by Crippen LogP contribution is 2.29. The molecule has 0 saturated carbocycles. The summed E-state index contributed by atoms with van der Waals surface area (Å²) in [5.41, 5.74) is -2.48. The molecule has 2 rings (SSSR count). The molecule has 0 saturated heterocycles. The largest absolute Gasteiger partial charge is 0.417 e. The summed E-state index contributed by atoms with van der Waals surface area (Å²) in [6.45, 7) is 1.31. The van der Waals surface area contributed by atoms with E-state index >= 15 is 0 Å². The SMILES string of the molecule is CC(NC(=O)c1ccccc1Cl)C(=O)Nc1cc(C(F)(F)F)c[nH]c1=O. The lowest BCUT2D eigenvalue weighted by atomic mass is 10.2. The Morgan fingerprint density at radius 2 is 1.88 bits per heavy atom. The van der Waals surface area contributed by atoms with Crippen molar-refractivity contribution in [3.8, 4) is 0 Å². The molecule has 0 spiro atoms. The maximum atomic E-state index is 12.7. The van der Waals surface area contributed by atoms with E-state index in [1.54, 1.807) is 12.1 Å². The van der Waals surface area contributed by atoms with Gasteiger partial charge in [0, 0.05) is 6.20 Å². The van der Waals surface area contributed by atoms with Crippen molar-refractivity contribution in [2.75, 3.05) is 5.32 Å². The Kier molecular flexibility index (Phi) is 5.71. The number of hydrogen-bond donors (Lipinski definition) is 3. The Bertz CT molecular complexity index is 896. The molecule has 1 aromatic heterocycles. The van der Waals surface area contributed by atoms with Gasteiger partial charge in [0.2, 0.25) is 5.91 Å². The van der Waals surface area contributed by atoms with Gasteiger partial charge in [0.25, 0.3) is 11.5 Å². The van der Waals surface area contributed by atoms with E-state index in [1.165, 1.54) is 19.1 Å². The van der Waals surface area contributed by atoms with Crippen LogP contribution in [-0.4, -0.2) is 22.8 Å². The molecule has 0 aliphatic heterocycles. The van der Waals surface area contributed by atoms with Gasteiger partial charge in [0.15, 0.2) is 0 Å². The van der Waals surface area contributed by atoms with Crippen molar-refractivity contribution in [3.05, 3.63) is 63.0 Å². The molecule has 0 fully saturated rings. The molecule has 6 nitrogen and oxygen atoms in total. The molecule has 1 heterocycles. The van der Waals surface area contributed by atoms with E-state index in [9.17, 15) is 27.6 Å². The highest BCUT2D eigenvalue weighted by molar-refractivity contribution is 6.33. The molecule has 0 bridgehead atoms. The molecule has 1 aromatic carbocycles. The number of H-pyrrole nitrogens is 1. The van der Waals surface area contributed by atoms with Crippen LogP contribution in [0, 0.1) is 0 Å². The highest BCUT2D eigenvalue weighted by atomic mass is 35.5. The van der Waals surface area contributed by atoms with Gasteiger partial charge in [-0.15, -0.1) is 0 Å². The van der Waals surface area contributed by atoms with E-state index < -0.39 is 40.8 Å². The first-order chi connectivity index (χ1) is 12.1. The minimum Gasteiger partial charge on any atom is -0.340 e. The van der Waals surface area contributed by atoms with Crippen LogP contribution < -0.4 is 16.2 Å². The van der Waals surface area contributed by atoms with Crippen molar-refractivity contribution >= 4 is 29.1 Å². The standard InChI is InChI=1S/C16H13ClF3N3O3/c1-8(22-14(25)10-4-2-3-5-11(10)17)13(24)23-12-6-9(16(18,19)20)7-21-15(12)26/h2-8H,1H3,(H,21,26)(H,22,25)(H,23,24). The average Bonchev–Trinajstić information content (AvgIpc) is 2.55. The quantitative estimate of drug-likeness (QED) is 0.753. The second-order valence-electron chi connectivity index (χ2n) is 5.29. The first-order valence-electron chi connectivity index (χ1n) is 7.26. The number of alkyl halides is 3. The Labute approximate surface area is 150 Å². The van der Waals surface area contributed by atoms with Gasteiger partial charge in [-0.25, -0.2) is 0 Å². The second-order valence-corrected chi connectivity index (χ2v) is 5.70. The Balaban J connectivity index is 2.11. The van der Waals surface area contributed by atoms with Crippen LogP contribution in [-0.2, 0) is 11.0 Å². The number of benzene rings is 1. The normalized spacial score (nSPS) is 12.3. The summed E-state index contributed by atoms with van der Waals surface area (Å²) in [7, 11) is 0.